The zero-order chi connectivity index (χ0) is 28.1. The Hall–Kier alpha value is -2.50. The Balaban J connectivity index is 0.00000118. The summed E-state index contributed by atoms with van der Waals surface area (Å²) in [6.45, 7) is 21.5. The molecule has 5 nitrogen and oxygen atoms in total. The van der Waals surface area contributed by atoms with Crippen molar-refractivity contribution in [1.29, 1.82) is 0 Å². The minimum absolute atomic E-state index is 0.319. The van der Waals surface area contributed by atoms with E-state index < -0.39 is 0 Å². The van der Waals surface area contributed by atoms with Crippen LogP contribution < -0.4 is 16.1 Å². The van der Waals surface area contributed by atoms with Crippen LogP contribution >= 0.6 is 11.6 Å². The van der Waals surface area contributed by atoms with E-state index in [0.29, 0.717) is 10.6 Å². The van der Waals surface area contributed by atoms with Gasteiger partial charge in [0.1, 0.15) is 0 Å². The Labute approximate surface area is 243 Å². The fourth-order valence-corrected chi connectivity index (χ4v) is 5.04. The molecule has 3 rings (SSSR count). The van der Waals surface area contributed by atoms with E-state index in [1.165, 1.54) is 17.7 Å². The number of nitrogens with zero attached hydrogens (tertiary/aromatic N) is 2. The van der Waals surface area contributed by atoms with Gasteiger partial charge in [-0.05, 0) is 13.8 Å². The SMILES string of the molecule is C/C=C\C.C=C/C(=C\c1c(C)ccn1N[C](=[W])c1cc(F)ccc1Cl)C(=C)N/C=C(\C)CN1CCNCC1. The monoisotopic (exact) mass is 707 g/mol. The number of hydrogen-bond acceptors (Lipinski definition) is 4. The van der Waals surface area contributed by atoms with E-state index in [9.17, 15) is 4.39 Å². The molecule has 0 saturated carbocycles. The summed E-state index contributed by atoms with van der Waals surface area (Å²) < 4.78 is 16.5. The van der Waals surface area contributed by atoms with E-state index in [1.54, 1.807) is 12.1 Å². The molecule has 1 saturated heterocycles. The molecular weight excluding hydrogens is 669 g/mol. The third-order valence-electron chi connectivity index (χ3n) is 5.90. The van der Waals surface area contributed by atoms with Gasteiger partial charge >= 0.3 is 187 Å². The van der Waals surface area contributed by atoms with Gasteiger partial charge in [-0.1, -0.05) is 12.2 Å². The van der Waals surface area contributed by atoms with Gasteiger partial charge < -0.3 is 5.32 Å². The van der Waals surface area contributed by atoms with Gasteiger partial charge in [-0.3, -0.25) is 0 Å². The molecule has 8 heteroatoms. The molecule has 2 heterocycles. The van der Waals surface area contributed by atoms with E-state index in [0.717, 1.165) is 78.6 Å². The smallest absolute Gasteiger partial charge is 0.314 e. The number of rotatable bonds is 10. The van der Waals surface area contributed by atoms with Crippen molar-refractivity contribution in [3.05, 3.63) is 113 Å². The molecule has 0 aliphatic carbocycles. The molecule has 1 aliphatic rings. The van der Waals surface area contributed by atoms with Crippen LogP contribution in [0.5, 0.6) is 0 Å². The minimum Gasteiger partial charge on any atom is -0.314 e. The first-order valence-electron chi connectivity index (χ1n) is 12.6. The predicted molar refractivity (Wildman–Crippen MR) is 158 cm³/mol. The normalized spacial score (nSPS) is 14.6. The van der Waals surface area contributed by atoms with E-state index in [1.807, 2.05) is 62.1 Å². The maximum atomic E-state index is 13.8. The summed E-state index contributed by atoms with van der Waals surface area (Å²) in [5, 5.41) is 7.21. The molecule has 3 N–H and O–H groups in total. The van der Waals surface area contributed by atoms with Crippen LogP contribution in [0.1, 0.15) is 37.6 Å². The van der Waals surface area contributed by atoms with Crippen molar-refractivity contribution in [2.75, 3.05) is 38.1 Å². The van der Waals surface area contributed by atoms with Gasteiger partial charge in [-0.15, -0.1) is 0 Å². The molecule has 0 bridgehead atoms. The zero-order valence-electron chi connectivity index (χ0n) is 22.8. The second-order valence-electron chi connectivity index (χ2n) is 8.93. The van der Waals surface area contributed by atoms with Crippen molar-refractivity contribution in [3.8, 4) is 0 Å². The summed E-state index contributed by atoms with van der Waals surface area (Å²) in [6.07, 6.45) is 11.8. The fraction of sp³-hybridized carbons (Fsp3) is 0.300. The summed E-state index contributed by atoms with van der Waals surface area (Å²) in [7, 11) is 0. The van der Waals surface area contributed by atoms with Crippen LogP contribution in [0.4, 0.5) is 4.39 Å². The number of hydrogen-bond donors (Lipinski definition) is 3. The summed E-state index contributed by atoms with van der Waals surface area (Å²) in [4.78, 5) is 2.44. The number of aromatic nitrogens is 1. The Bertz CT molecular complexity index is 1200. The number of benzene rings is 1. The molecule has 0 radical (unpaired) electrons. The molecule has 1 aromatic carbocycles. The van der Waals surface area contributed by atoms with Crippen molar-refractivity contribution in [2.24, 2.45) is 0 Å². The third-order valence-corrected chi connectivity index (χ3v) is 7.35. The molecule has 0 unspecified atom stereocenters. The Morgan fingerprint density at radius 3 is 2.53 bits per heavy atom. The van der Waals surface area contributed by atoms with Crippen molar-refractivity contribution < 1.29 is 23.7 Å². The van der Waals surface area contributed by atoms with Crippen LogP contribution in [-0.2, 0) is 19.4 Å². The Kier molecular flexibility index (Phi) is 13.7. The van der Waals surface area contributed by atoms with Gasteiger partial charge in [0.15, 0.2) is 0 Å². The van der Waals surface area contributed by atoms with Crippen molar-refractivity contribution in [1.82, 2.24) is 20.2 Å². The topological polar surface area (TPSA) is 44.3 Å². The molecule has 0 atom stereocenters. The van der Waals surface area contributed by atoms with Crippen LogP contribution in [0.3, 0.4) is 0 Å². The van der Waals surface area contributed by atoms with E-state index in [4.69, 9.17) is 11.6 Å². The average molecular weight is 708 g/mol. The van der Waals surface area contributed by atoms with E-state index >= 15 is 0 Å². The molecule has 0 amide bonds. The van der Waals surface area contributed by atoms with Crippen molar-refractivity contribution in [2.45, 2.75) is 27.7 Å². The van der Waals surface area contributed by atoms with Crippen LogP contribution in [-0.4, -0.2) is 46.3 Å². The molecule has 2 aromatic rings. The van der Waals surface area contributed by atoms with Crippen LogP contribution in [0.25, 0.3) is 6.08 Å². The number of nitrogens with one attached hydrogen (secondary N) is 3. The van der Waals surface area contributed by atoms with Crippen LogP contribution in [0, 0.1) is 12.7 Å². The predicted octanol–water partition coefficient (Wildman–Crippen LogP) is 5.92. The number of halogens is 2. The molecular formula is C30H39ClFN5W. The van der Waals surface area contributed by atoms with Gasteiger partial charge in [0, 0.05) is 26.2 Å². The summed E-state index contributed by atoms with van der Waals surface area (Å²) in [5.74, 6) is -0.319. The quantitative estimate of drug-likeness (QED) is 0.212. The minimum atomic E-state index is -0.319. The number of piperazine rings is 1. The summed E-state index contributed by atoms with van der Waals surface area (Å²) in [6, 6.07) is 6.39. The summed E-state index contributed by atoms with van der Waals surface area (Å²) in [5.41, 5.74) is 8.92. The Morgan fingerprint density at radius 1 is 1.21 bits per heavy atom. The first kappa shape index (κ1) is 31.7. The zero-order valence-corrected chi connectivity index (χ0v) is 26.5. The molecule has 1 aliphatic heterocycles. The second-order valence-corrected chi connectivity index (χ2v) is 10.8. The number of aryl methyl sites for hydroxylation is 1. The van der Waals surface area contributed by atoms with E-state index in [2.05, 4.69) is 41.0 Å². The first-order chi connectivity index (χ1) is 18.2. The molecule has 38 heavy (non-hydrogen) atoms. The maximum absolute atomic E-state index is 13.8. The van der Waals surface area contributed by atoms with Gasteiger partial charge in [-0.25, -0.2) is 0 Å². The van der Waals surface area contributed by atoms with Crippen LogP contribution in [0.15, 0.2) is 84.9 Å². The van der Waals surface area contributed by atoms with Gasteiger partial charge in [-0.2, -0.15) is 0 Å². The van der Waals surface area contributed by atoms with Gasteiger partial charge in [0.2, 0.25) is 0 Å². The molecule has 1 fully saturated rings. The van der Waals surface area contributed by atoms with Gasteiger partial charge in [0.25, 0.3) is 0 Å². The summed E-state index contributed by atoms with van der Waals surface area (Å²) >= 11 is 7.43. The second kappa shape index (κ2) is 16.5. The van der Waals surface area contributed by atoms with Gasteiger partial charge in [0.05, 0.1) is 0 Å². The van der Waals surface area contributed by atoms with E-state index in [-0.39, 0.29) is 5.82 Å². The Morgan fingerprint density at radius 2 is 1.89 bits per heavy atom. The standard InChI is InChI=1S/C26H31ClFN5.C4H8.W/c1-5-22(21(4)30-16-19(2)18-32-12-9-29-10-13-32)15-26-20(3)8-11-33(26)31-17-23-14-24(28)6-7-25(23)27;1-3-4-2;/h5-8,11,14-16,29-31H,1,4,9-10,12-13,18H2,2-3H3;3-4H,1-2H3;/b19-16+,22-15+;4-3-;. The van der Waals surface area contributed by atoms with Crippen molar-refractivity contribution in [3.63, 3.8) is 0 Å². The molecule has 204 valence electrons. The van der Waals surface area contributed by atoms with Crippen LogP contribution in [0.2, 0.25) is 5.02 Å². The molecule has 0 spiro atoms. The third kappa shape index (κ3) is 9.99. The van der Waals surface area contributed by atoms with Crippen molar-refractivity contribution >= 4 is 21.7 Å². The number of allylic oxidation sites excluding steroid dienone is 3. The first-order valence-corrected chi connectivity index (χ1v) is 14.4. The fourth-order valence-electron chi connectivity index (χ4n) is 3.64. The average Bonchev–Trinajstić information content (AvgIpc) is 3.26. The molecule has 1 aromatic heterocycles.